The van der Waals surface area contributed by atoms with E-state index in [9.17, 15) is 14.0 Å². The summed E-state index contributed by atoms with van der Waals surface area (Å²) in [6.45, 7) is 2.46. The fourth-order valence-corrected chi connectivity index (χ4v) is 2.68. The number of anilines is 1. The number of Topliss-reactive ketones (excluding diaryl/α,β-unsaturated/α-hetero) is 1. The number of rotatable bonds is 2. The molecule has 0 spiro atoms. The number of quaternary nitrogens is 1. The summed E-state index contributed by atoms with van der Waals surface area (Å²) in [4.78, 5) is 26.4. The molecule has 18 heavy (non-hydrogen) atoms. The lowest BCUT2D eigenvalue weighted by atomic mass is 10.1. The number of nitrogens with one attached hydrogen (secondary N) is 1. The Bertz CT molecular complexity index is 524. The topological polar surface area (TPSA) is 41.8 Å². The van der Waals surface area contributed by atoms with Crippen LogP contribution in [0.2, 0.25) is 0 Å². The van der Waals surface area contributed by atoms with Gasteiger partial charge in [0.05, 0.1) is 24.3 Å². The van der Waals surface area contributed by atoms with E-state index in [1.165, 1.54) is 28.0 Å². The van der Waals surface area contributed by atoms with E-state index in [1.54, 1.807) is 0 Å². The summed E-state index contributed by atoms with van der Waals surface area (Å²) >= 11 is 0. The van der Waals surface area contributed by atoms with E-state index < -0.39 is 17.5 Å². The van der Waals surface area contributed by atoms with Gasteiger partial charge in [-0.05, 0) is 18.2 Å². The Hall–Kier alpha value is -1.75. The Kier molecular flexibility index (Phi) is 2.63. The van der Waals surface area contributed by atoms with Crippen LogP contribution in [0.4, 0.5) is 10.1 Å². The molecule has 2 heterocycles. The zero-order valence-corrected chi connectivity index (χ0v) is 9.91. The molecule has 0 atom stereocenters. The number of carbonyl (C=O) groups excluding carboxylic acids is 2. The van der Waals surface area contributed by atoms with E-state index in [-0.39, 0.29) is 0 Å². The molecule has 1 N–H and O–H groups in total. The Morgan fingerprint density at radius 3 is 2.67 bits per heavy atom. The summed E-state index contributed by atoms with van der Waals surface area (Å²) in [6, 6.07) is 3.88. The van der Waals surface area contributed by atoms with Crippen molar-refractivity contribution in [3.05, 3.63) is 29.6 Å². The lowest BCUT2D eigenvalue weighted by molar-refractivity contribution is -0.886. The second kappa shape index (κ2) is 4.17. The number of halogens is 1. The number of nitrogens with zero attached hydrogens (tertiary/aromatic N) is 1. The van der Waals surface area contributed by atoms with E-state index in [1.807, 2.05) is 0 Å². The lowest BCUT2D eigenvalue weighted by Gasteiger charge is -2.20. The Morgan fingerprint density at radius 2 is 1.94 bits per heavy atom. The molecular formula is C13H14FN2O2+. The highest BCUT2D eigenvalue weighted by Gasteiger charge is 2.38. The first-order chi connectivity index (χ1) is 8.66. The van der Waals surface area contributed by atoms with Crippen LogP contribution in [0.25, 0.3) is 0 Å². The summed E-state index contributed by atoms with van der Waals surface area (Å²) in [6.07, 6.45) is 2.28. The van der Waals surface area contributed by atoms with E-state index in [2.05, 4.69) is 0 Å². The van der Waals surface area contributed by atoms with E-state index >= 15 is 0 Å². The molecule has 0 bridgehead atoms. The summed E-state index contributed by atoms with van der Waals surface area (Å²) in [5.41, 5.74) is 0.740. The molecule has 94 valence electrons. The predicted molar refractivity (Wildman–Crippen MR) is 63.0 cm³/mol. The number of likely N-dealkylation sites (tertiary alicyclic amines) is 1. The summed E-state index contributed by atoms with van der Waals surface area (Å²) in [5, 5.41) is 0. The minimum atomic E-state index is -0.532. The van der Waals surface area contributed by atoms with E-state index in [0.717, 1.165) is 25.9 Å². The Morgan fingerprint density at radius 1 is 1.22 bits per heavy atom. The molecule has 1 aromatic rings. The highest BCUT2D eigenvalue weighted by Crippen LogP contribution is 2.28. The fourth-order valence-electron chi connectivity index (χ4n) is 2.68. The van der Waals surface area contributed by atoms with Gasteiger partial charge in [-0.2, -0.15) is 0 Å². The largest absolute Gasteiger partial charge is 0.317 e. The molecule has 0 saturated carbocycles. The molecule has 0 unspecified atom stereocenters. The number of hydrogen-bond acceptors (Lipinski definition) is 2. The average Bonchev–Trinajstić information content (AvgIpc) is 2.93. The van der Waals surface area contributed by atoms with Gasteiger partial charge in [0.1, 0.15) is 5.82 Å². The lowest BCUT2D eigenvalue weighted by Crippen LogP contribution is -3.11. The summed E-state index contributed by atoms with van der Waals surface area (Å²) < 4.78 is 13.2. The zero-order valence-electron chi connectivity index (χ0n) is 9.91. The molecule has 4 nitrogen and oxygen atoms in total. The number of carbonyl (C=O) groups is 2. The van der Waals surface area contributed by atoms with Crippen LogP contribution in [0, 0.1) is 5.82 Å². The van der Waals surface area contributed by atoms with Crippen LogP contribution in [0.3, 0.4) is 0 Å². The molecule has 2 aliphatic rings. The molecule has 1 saturated heterocycles. The normalized spacial score (nSPS) is 19.7. The van der Waals surface area contributed by atoms with Crippen molar-refractivity contribution in [3.8, 4) is 0 Å². The molecule has 2 aliphatic heterocycles. The van der Waals surface area contributed by atoms with Gasteiger partial charge in [-0.25, -0.2) is 4.39 Å². The molecular weight excluding hydrogens is 235 g/mol. The standard InChI is InChI=1S/C13H13FN2O2/c14-9-3-4-10-11(7-9)16(13(18)12(10)17)8-15-5-1-2-6-15/h3-4,7H,1-2,5-6,8H2/p+1. The first-order valence-corrected chi connectivity index (χ1v) is 6.16. The molecule has 1 amide bonds. The minimum Gasteiger partial charge on any atom is -0.317 e. The van der Waals surface area contributed by atoms with E-state index in [4.69, 9.17) is 0 Å². The van der Waals surface area contributed by atoms with Gasteiger partial charge in [0, 0.05) is 12.8 Å². The maximum absolute atomic E-state index is 13.2. The van der Waals surface area contributed by atoms with Crippen molar-refractivity contribution in [2.75, 3.05) is 24.7 Å². The quantitative estimate of drug-likeness (QED) is 0.749. The predicted octanol–water partition coefficient (Wildman–Crippen LogP) is -0.00880. The average molecular weight is 249 g/mol. The van der Waals surface area contributed by atoms with Crippen molar-refractivity contribution in [1.82, 2.24) is 0 Å². The van der Waals surface area contributed by atoms with Crippen LogP contribution in [-0.2, 0) is 4.79 Å². The second-order valence-corrected chi connectivity index (χ2v) is 4.84. The number of fused-ring (bicyclic) bond motifs is 1. The molecule has 5 heteroatoms. The van der Waals surface area contributed by atoms with E-state index in [0.29, 0.717) is 17.9 Å². The van der Waals surface area contributed by atoms with Crippen LogP contribution in [-0.4, -0.2) is 31.4 Å². The maximum Gasteiger partial charge on any atom is 0.303 e. The van der Waals surface area contributed by atoms with Crippen molar-refractivity contribution in [1.29, 1.82) is 0 Å². The van der Waals surface area contributed by atoms with Crippen molar-refractivity contribution in [2.45, 2.75) is 12.8 Å². The number of benzene rings is 1. The minimum absolute atomic E-state index is 0.319. The SMILES string of the molecule is O=C1C(=O)N(C[NH+]2CCCC2)c2cc(F)ccc21. The number of amides is 1. The van der Waals surface area contributed by atoms with Gasteiger partial charge in [0.25, 0.3) is 5.78 Å². The number of ketones is 1. The van der Waals surface area contributed by atoms with Gasteiger partial charge >= 0.3 is 5.91 Å². The van der Waals surface area contributed by atoms with Crippen LogP contribution >= 0.6 is 0 Å². The first kappa shape index (κ1) is 11.3. The van der Waals surface area contributed by atoms with Crippen LogP contribution in [0.15, 0.2) is 18.2 Å². The molecule has 1 fully saturated rings. The molecule has 0 aliphatic carbocycles. The third-order valence-corrected chi connectivity index (χ3v) is 3.63. The van der Waals surface area contributed by atoms with Gasteiger partial charge in [-0.1, -0.05) is 0 Å². The van der Waals surface area contributed by atoms with Gasteiger partial charge in [0.2, 0.25) is 0 Å². The van der Waals surface area contributed by atoms with Crippen molar-refractivity contribution in [2.24, 2.45) is 0 Å². The van der Waals surface area contributed by atoms with Crippen molar-refractivity contribution in [3.63, 3.8) is 0 Å². The van der Waals surface area contributed by atoms with Crippen LogP contribution in [0.1, 0.15) is 23.2 Å². The molecule has 1 aromatic carbocycles. The molecule has 0 aromatic heterocycles. The fraction of sp³-hybridized carbons (Fsp3) is 0.385. The van der Waals surface area contributed by atoms with Gasteiger partial charge in [-0.3, -0.25) is 14.5 Å². The molecule has 0 radical (unpaired) electrons. The summed E-state index contributed by atoms with van der Waals surface area (Å²) in [7, 11) is 0. The third kappa shape index (κ3) is 1.71. The Balaban J connectivity index is 1.93. The third-order valence-electron chi connectivity index (χ3n) is 3.63. The Labute approximate surface area is 104 Å². The number of hydrogen-bond donors (Lipinski definition) is 1. The van der Waals surface area contributed by atoms with Crippen molar-refractivity contribution < 1.29 is 18.9 Å². The smallest absolute Gasteiger partial charge is 0.303 e. The highest BCUT2D eigenvalue weighted by atomic mass is 19.1. The van der Waals surface area contributed by atoms with Gasteiger partial charge in [0.15, 0.2) is 6.67 Å². The maximum atomic E-state index is 13.2. The highest BCUT2D eigenvalue weighted by molar-refractivity contribution is 6.52. The van der Waals surface area contributed by atoms with Crippen LogP contribution in [0.5, 0.6) is 0 Å². The first-order valence-electron chi connectivity index (χ1n) is 6.16. The van der Waals surface area contributed by atoms with Gasteiger partial charge < -0.3 is 4.90 Å². The second-order valence-electron chi connectivity index (χ2n) is 4.84. The zero-order chi connectivity index (χ0) is 12.7. The summed E-state index contributed by atoms with van der Waals surface area (Å²) in [5.74, 6) is -1.48. The van der Waals surface area contributed by atoms with Gasteiger partial charge in [-0.15, -0.1) is 0 Å². The van der Waals surface area contributed by atoms with Crippen LogP contribution < -0.4 is 9.80 Å². The molecule has 3 rings (SSSR count). The van der Waals surface area contributed by atoms with Crippen molar-refractivity contribution >= 4 is 17.4 Å². The monoisotopic (exact) mass is 249 g/mol.